The zero-order chi connectivity index (χ0) is 78.9. The summed E-state index contributed by atoms with van der Waals surface area (Å²) >= 11 is 0. The molecule has 0 amide bonds. The molecule has 2 unspecified atom stereocenters. The summed E-state index contributed by atoms with van der Waals surface area (Å²) in [4.78, 5) is 73.4. The molecular weight excluding hydrogens is 1400 g/mol. The van der Waals surface area contributed by atoms with E-state index in [2.05, 4.69) is 27.7 Å². The number of hydrogen-bond acceptors (Lipinski definition) is 15. The van der Waals surface area contributed by atoms with Crippen molar-refractivity contribution in [2.24, 2.45) is 0 Å². The van der Waals surface area contributed by atoms with E-state index in [1.165, 1.54) is 321 Å². The van der Waals surface area contributed by atoms with Crippen LogP contribution < -0.4 is 0 Å². The summed E-state index contributed by atoms with van der Waals surface area (Å²) < 4.78 is 69.0. The lowest BCUT2D eigenvalue weighted by Gasteiger charge is -2.21. The summed E-state index contributed by atoms with van der Waals surface area (Å²) in [7, 11) is -9.93. The average molecular weight is 1580 g/mol. The van der Waals surface area contributed by atoms with Crippen LogP contribution in [-0.2, 0) is 65.4 Å². The monoisotopic (exact) mass is 1580 g/mol. The minimum Gasteiger partial charge on any atom is -0.462 e. The number of hydrogen-bond donors (Lipinski definition) is 3. The van der Waals surface area contributed by atoms with Crippen LogP contribution in [0.1, 0.15) is 490 Å². The third-order valence-electron chi connectivity index (χ3n) is 21.1. The third-order valence-corrected chi connectivity index (χ3v) is 23.0. The van der Waals surface area contributed by atoms with Crippen molar-refractivity contribution in [3.05, 3.63) is 0 Å². The fourth-order valence-corrected chi connectivity index (χ4v) is 15.6. The summed E-state index contributed by atoms with van der Waals surface area (Å²) in [5.41, 5.74) is 0. The van der Waals surface area contributed by atoms with Crippen LogP contribution in [0, 0.1) is 0 Å². The zero-order valence-corrected chi connectivity index (χ0v) is 72.6. The predicted octanol–water partition coefficient (Wildman–Crippen LogP) is 27.7. The largest absolute Gasteiger partial charge is 0.472 e. The van der Waals surface area contributed by atoms with E-state index in [4.69, 9.17) is 37.0 Å². The molecule has 0 aromatic rings. The quantitative estimate of drug-likeness (QED) is 0.0222. The van der Waals surface area contributed by atoms with Gasteiger partial charge in [0.25, 0.3) is 0 Å². The van der Waals surface area contributed by atoms with Gasteiger partial charge in [0, 0.05) is 25.7 Å². The SMILES string of the molecule is CCCCCCCCCCCCCCCCCCCCCCCC(=O)O[C@H](COC(=O)CCCCCCCCCCCCCCCCCCCC)COP(=O)(O)OC[C@@H](O)COP(=O)(O)OC[C@@H](COC(=O)CCCCCCCCCCCCCC)OC(=O)CCCCCCCCCCCCCCCCCCC. The van der Waals surface area contributed by atoms with E-state index in [-0.39, 0.29) is 25.7 Å². The summed E-state index contributed by atoms with van der Waals surface area (Å²) in [6.07, 6.45) is 79.1. The van der Waals surface area contributed by atoms with Crippen LogP contribution in [-0.4, -0.2) is 96.7 Å². The van der Waals surface area contributed by atoms with Crippen molar-refractivity contribution in [1.82, 2.24) is 0 Å². The van der Waals surface area contributed by atoms with E-state index in [1.54, 1.807) is 0 Å². The summed E-state index contributed by atoms with van der Waals surface area (Å²) in [5, 5.41) is 10.7. The number of carbonyl (C=O) groups excluding carboxylic acids is 4. The highest BCUT2D eigenvalue weighted by Crippen LogP contribution is 2.45. The second-order valence-electron chi connectivity index (χ2n) is 32.0. The molecule has 17 nitrogen and oxygen atoms in total. The van der Waals surface area contributed by atoms with Gasteiger partial charge in [-0.2, -0.15) is 0 Å². The van der Waals surface area contributed by atoms with Crippen LogP contribution in [0.4, 0.5) is 0 Å². The van der Waals surface area contributed by atoms with Crippen LogP contribution in [0.5, 0.6) is 0 Å². The lowest BCUT2D eigenvalue weighted by molar-refractivity contribution is -0.161. The molecular formula is C89H174O17P2. The van der Waals surface area contributed by atoms with Crippen LogP contribution in [0.15, 0.2) is 0 Å². The Morgan fingerprint density at radius 2 is 0.370 bits per heavy atom. The highest BCUT2D eigenvalue weighted by atomic mass is 31.2. The maximum atomic E-state index is 13.2. The molecule has 0 fully saturated rings. The maximum Gasteiger partial charge on any atom is 0.472 e. The Hall–Kier alpha value is -1.94. The van der Waals surface area contributed by atoms with Crippen LogP contribution in [0.2, 0.25) is 0 Å². The van der Waals surface area contributed by atoms with E-state index in [0.717, 1.165) is 89.9 Å². The number of phosphoric ester groups is 2. The van der Waals surface area contributed by atoms with Crippen molar-refractivity contribution in [2.75, 3.05) is 39.6 Å². The molecule has 0 radical (unpaired) electrons. The number of aliphatic hydroxyl groups is 1. The molecule has 108 heavy (non-hydrogen) atoms. The molecule has 642 valence electrons. The minimum atomic E-state index is -4.97. The van der Waals surface area contributed by atoms with E-state index < -0.39 is 97.5 Å². The Bertz CT molecular complexity index is 2030. The number of aliphatic hydroxyl groups excluding tert-OH is 1. The van der Waals surface area contributed by atoms with Crippen molar-refractivity contribution in [3.63, 3.8) is 0 Å². The Labute approximate surface area is 664 Å². The minimum absolute atomic E-state index is 0.110. The molecule has 0 aliphatic carbocycles. The van der Waals surface area contributed by atoms with Gasteiger partial charge in [0.05, 0.1) is 26.4 Å². The molecule has 0 aromatic carbocycles. The van der Waals surface area contributed by atoms with Gasteiger partial charge in [0.1, 0.15) is 19.3 Å². The fraction of sp³-hybridized carbons (Fsp3) is 0.955. The molecule has 0 saturated heterocycles. The van der Waals surface area contributed by atoms with E-state index in [9.17, 15) is 43.2 Å². The van der Waals surface area contributed by atoms with Gasteiger partial charge in [-0.05, 0) is 25.7 Å². The van der Waals surface area contributed by atoms with Gasteiger partial charge in [-0.3, -0.25) is 37.3 Å². The van der Waals surface area contributed by atoms with E-state index >= 15 is 0 Å². The van der Waals surface area contributed by atoms with Crippen LogP contribution in [0.3, 0.4) is 0 Å². The van der Waals surface area contributed by atoms with Crippen molar-refractivity contribution >= 4 is 39.5 Å². The van der Waals surface area contributed by atoms with Crippen LogP contribution >= 0.6 is 15.6 Å². The lowest BCUT2D eigenvalue weighted by Crippen LogP contribution is -2.30. The first-order chi connectivity index (χ1) is 52.7. The fourth-order valence-electron chi connectivity index (χ4n) is 14.1. The Morgan fingerprint density at radius 3 is 0.546 bits per heavy atom. The number of phosphoric acid groups is 2. The first kappa shape index (κ1) is 106. The standard InChI is InChI=1S/C89H174O17P2/c1-5-9-13-17-21-25-29-33-36-39-41-42-43-46-49-52-56-60-64-68-72-76-89(94)106-85(80-100-87(92)74-70-66-62-58-54-50-47-45-40-37-34-30-26-22-18-14-10-6-2)82-104-108(97,98)102-78-83(90)77-101-107(95,96)103-81-84(79-99-86(91)73-69-65-61-57-53-32-28-24-20-16-12-8-4)105-88(93)75-71-67-63-59-55-51-48-44-38-35-31-27-23-19-15-11-7-3/h83-85,90H,5-82H2,1-4H3,(H,95,96)(H,97,98)/t83-,84+,85+/m0/s1. The number of rotatable bonds is 90. The molecule has 0 aliphatic rings. The highest BCUT2D eigenvalue weighted by molar-refractivity contribution is 7.47. The van der Waals surface area contributed by atoms with Crippen molar-refractivity contribution in [2.45, 2.75) is 508 Å². The first-order valence-electron chi connectivity index (χ1n) is 46.3. The van der Waals surface area contributed by atoms with Crippen molar-refractivity contribution in [1.29, 1.82) is 0 Å². The molecule has 0 saturated carbocycles. The molecule has 0 rings (SSSR count). The molecule has 0 aromatic heterocycles. The Balaban J connectivity index is 5.24. The molecule has 19 heteroatoms. The van der Waals surface area contributed by atoms with Gasteiger partial charge in [-0.1, -0.05) is 439 Å². The van der Waals surface area contributed by atoms with Gasteiger partial charge in [-0.15, -0.1) is 0 Å². The molecule has 0 bridgehead atoms. The Kier molecular flexibility index (Phi) is 81.5. The molecule has 0 aliphatic heterocycles. The molecule has 5 atom stereocenters. The second kappa shape index (κ2) is 83.0. The van der Waals surface area contributed by atoms with Gasteiger partial charge >= 0.3 is 39.5 Å². The van der Waals surface area contributed by atoms with Gasteiger partial charge in [0.2, 0.25) is 0 Å². The first-order valence-corrected chi connectivity index (χ1v) is 49.3. The highest BCUT2D eigenvalue weighted by Gasteiger charge is 2.30. The number of esters is 4. The predicted molar refractivity (Wildman–Crippen MR) is 446 cm³/mol. The maximum absolute atomic E-state index is 13.2. The van der Waals surface area contributed by atoms with Crippen molar-refractivity contribution in [3.8, 4) is 0 Å². The van der Waals surface area contributed by atoms with Gasteiger partial charge in [0.15, 0.2) is 12.2 Å². The molecule has 3 N–H and O–H groups in total. The average Bonchev–Trinajstić information content (AvgIpc) is 0.902. The summed E-state index contributed by atoms with van der Waals surface area (Å²) in [6.45, 7) is 5.08. The third kappa shape index (κ3) is 82.1. The molecule has 0 spiro atoms. The molecule has 0 heterocycles. The number of carbonyl (C=O) groups is 4. The zero-order valence-electron chi connectivity index (χ0n) is 70.8. The van der Waals surface area contributed by atoms with E-state index in [1.807, 2.05) is 0 Å². The summed E-state index contributed by atoms with van der Waals surface area (Å²) in [6, 6.07) is 0. The van der Waals surface area contributed by atoms with Gasteiger partial charge in [-0.25, -0.2) is 9.13 Å². The lowest BCUT2D eigenvalue weighted by atomic mass is 10.0. The topological polar surface area (TPSA) is 237 Å². The summed E-state index contributed by atoms with van der Waals surface area (Å²) in [5.74, 6) is -2.09. The van der Waals surface area contributed by atoms with Crippen LogP contribution in [0.25, 0.3) is 0 Å². The Morgan fingerprint density at radius 1 is 0.222 bits per heavy atom. The number of ether oxygens (including phenoxy) is 4. The smallest absolute Gasteiger partial charge is 0.462 e. The van der Waals surface area contributed by atoms with E-state index in [0.29, 0.717) is 25.7 Å². The normalized spacial score (nSPS) is 13.7. The number of unbranched alkanes of at least 4 members (excludes halogenated alkanes) is 64. The van der Waals surface area contributed by atoms with Crippen molar-refractivity contribution < 1.29 is 80.2 Å². The second-order valence-corrected chi connectivity index (χ2v) is 34.9. The van der Waals surface area contributed by atoms with Gasteiger partial charge < -0.3 is 33.8 Å².